The fourth-order valence-electron chi connectivity index (χ4n) is 1.58. The predicted molar refractivity (Wildman–Crippen MR) is 67.8 cm³/mol. The van der Waals surface area contributed by atoms with Crippen molar-refractivity contribution >= 4 is 0 Å². The summed E-state index contributed by atoms with van der Waals surface area (Å²) in [4.78, 5) is 2.16. The molecule has 0 aliphatic rings. The Morgan fingerprint density at radius 2 is 2.12 bits per heavy atom. The monoisotopic (exact) mass is 222 g/mol. The number of ether oxygens (including phenoxy) is 1. The molecule has 1 rings (SSSR count). The zero-order valence-corrected chi connectivity index (χ0v) is 10.4. The Morgan fingerprint density at radius 1 is 1.38 bits per heavy atom. The predicted octanol–water partition coefficient (Wildman–Crippen LogP) is 1.65. The van der Waals surface area contributed by atoms with Crippen molar-refractivity contribution in [3.8, 4) is 5.75 Å². The Labute approximate surface area is 98.2 Å². The molecule has 0 aliphatic carbocycles. The molecule has 3 heteroatoms. The number of rotatable bonds is 6. The second-order valence-corrected chi connectivity index (χ2v) is 4.32. The van der Waals surface area contributed by atoms with Crippen LogP contribution in [0.4, 0.5) is 0 Å². The van der Waals surface area contributed by atoms with E-state index in [9.17, 15) is 0 Å². The number of benzene rings is 1. The van der Waals surface area contributed by atoms with Crippen LogP contribution >= 0.6 is 0 Å². The van der Waals surface area contributed by atoms with Gasteiger partial charge in [-0.25, -0.2) is 0 Å². The lowest BCUT2D eigenvalue weighted by atomic mass is 10.2. The first-order chi connectivity index (χ1) is 7.63. The minimum Gasteiger partial charge on any atom is -0.492 e. The van der Waals surface area contributed by atoms with Crippen LogP contribution in [-0.4, -0.2) is 38.2 Å². The van der Waals surface area contributed by atoms with Crippen LogP contribution in [0.3, 0.4) is 0 Å². The van der Waals surface area contributed by atoms with Crippen LogP contribution in [0.2, 0.25) is 0 Å². The summed E-state index contributed by atoms with van der Waals surface area (Å²) >= 11 is 0. The summed E-state index contributed by atoms with van der Waals surface area (Å²) in [5.74, 6) is 0.934. The van der Waals surface area contributed by atoms with Gasteiger partial charge in [-0.1, -0.05) is 12.1 Å². The van der Waals surface area contributed by atoms with E-state index in [4.69, 9.17) is 10.5 Å². The van der Waals surface area contributed by atoms with Gasteiger partial charge in [0.25, 0.3) is 0 Å². The van der Waals surface area contributed by atoms with Crippen LogP contribution in [0, 0.1) is 6.92 Å². The van der Waals surface area contributed by atoms with E-state index < -0.39 is 0 Å². The van der Waals surface area contributed by atoms with E-state index in [-0.39, 0.29) is 0 Å². The van der Waals surface area contributed by atoms with Crippen molar-refractivity contribution in [1.82, 2.24) is 4.90 Å². The Hall–Kier alpha value is -1.06. The molecule has 0 saturated heterocycles. The largest absolute Gasteiger partial charge is 0.492 e. The molecule has 0 aromatic heterocycles. The van der Waals surface area contributed by atoms with Crippen molar-refractivity contribution in [3.05, 3.63) is 29.8 Å². The number of hydrogen-bond acceptors (Lipinski definition) is 3. The number of nitrogens with zero attached hydrogens (tertiary/aromatic N) is 1. The van der Waals surface area contributed by atoms with Crippen molar-refractivity contribution in [2.45, 2.75) is 19.4 Å². The van der Waals surface area contributed by atoms with Crippen LogP contribution in [0.25, 0.3) is 0 Å². The van der Waals surface area contributed by atoms with E-state index in [1.807, 2.05) is 12.1 Å². The van der Waals surface area contributed by atoms with Gasteiger partial charge in [-0.15, -0.1) is 0 Å². The van der Waals surface area contributed by atoms with Crippen molar-refractivity contribution < 1.29 is 4.74 Å². The molecule has 0 radical (unpaired) electrons. The summed E-state index contributed by atoms with van der Waals surface area (Å²) in [7, 11) is 4.11. The molecule has 1 aromatic rings. The highest BCUT2D eigenvalue weighted by Crippen LogP contribution is 2.13. The van der Waals surface area contributed by atoms with E-state index in [2.05, 4.69) is 38.1 Å². The van der Waals surface area contributed by atoms with Crippen LogP contribution in [0.15, 0.2) is 24.3 Å². The Kier molecular flexibility index (Phi) is 5.29. The fraction of sp³-hybridized carbons (Fsp3) is 0.538. The molecule has 2 N–H and O–H groups in total. The van der Waals surface area contributed by atoms with Gasteiger partial charge in [0.1, 0.15) is 12.4 Å². The van der Waals surface area contributed by atoms with Crippen molar-refractivity contribution in [1.29, 1.82) is 0 Å². The maximum Gasteiger partial charge on any atom is 0.119 e. The molecule has 0 bridgehead atoms. The van der Waals surface area contributed by atoms with Crippen molar-refractivity contribution in [2.75, 3.05) is 27.2 Å². The number of likely N-dealkylation sites (N-methyl/N-ethyl adjacent to an activating group) is 1. The molecule has 0 amide bonds. The third-order valence-corrected chi connectivity index (χ3v) is 2.66. The van der Waals surface area contributed by atoms with Gasteiger partial charge in [-0.3, -0.25) is 0 Å². The maximum atomic E-state index is 5.77. The topological polar surface area (TPSA) is 38.5 Å². The highest BCUT2D eigenvalue weighted by atomic mass is 16.5. The summed E-state index contributed by atoms with van der Waals surface area (Å²) in [6, 6.07) is 8.50. The van der Waals surface area contributed by atoms with Crippen LogP contribution in [0.5, 0.6) is 5.75 Å². The molecule has 1 unspecified atom stereocenters. The molecular formula is C13H22N2O. The lowest BCUT2D eigenvalue weighted by Crippen LogP contribution is -2.35. The van der Waals surface area contributed by atoms with Gasteiger partial charge in [0.15, 0.2) is 0 Å². The molecule has 3 nitrogen and oxygen atoms in total. The number of hydrogen-bond donors (Lipinski definition) is 1. The molecule has 0 heterocycles. The van der Waals surface area contributed by atoms with Gasteiger partial charge in [0.05, 0.1) is 0 Å². The quantitative estimate of drug-likeness (QED) is 0.795. The Balaban J connectivity index is 2.48. The Morgan fingerprint density at radius 3 is 2.69 bits per heavy atom. The summed E-state index contributed by atoms with van der Waals surface area (Å²) in [6.45, 7) is 3.45. The van der Waals surface area contributed by atoms with Gasteiger partial charge in [0.2, 0.25) is 0 Å². The van der Waals surface area contributed by atoms with Gasteiger partial charge >= 0.3 is 0 Å². The summed E-state index contributed by atoms with van der Waals surface area (Å²) in [5, 5.41) is 0. The van der Waals surface area contributed by atoms with E-state index in [1.165, 1.54) is 5.56 Å². The van der Waals surface area contributed by atoms with E-state index >= 15 is 0 Å². The second kappa shape index (κ2) is 6.51. The molecular weight excluding hydrogens is 200 g/mol. The molecule has 16 heavy (non-hydrogen) atoms. The smallest absolute Gasteiger partial charge is 0.119 e. The van der Waals surface area contributed by atoms with Crippen LogP contribution in [-0.2, 0) is 0 Å². The lowest BCUT2D eigenvalue weighted by Gasteiger charge is -2.23. The van der Waals surface area contributed by atoms with E-state index in [0.29, 0.717) is 19.2 Å². The highest BCUT2D eigenvalue weighted by Gasteiger charge is 2.10. The third-order valence-electron chi connectivity index (χ3n) is 2.66. The zero-order valence-electron chi connectivity index (χ0n) is 10.4. The minimum atomic E-state index is 0.380. The standard InChI is InChI=1S/C13H22N2O/c1-11-5-4-6-13(9-11)16-10-12(7-8-14)15(2)3/h4-6,9,12H,7-8,10,14H2,1-3H3. The molecule has 0 aliphatic heterocycles. The average Bonchev–Trinajstić information content (AvgIpc) is 2.24. The average molecular weight is 222 g/mol. The molecule has 1 atom stereocenters. The molecule has 1 aromatic carbocycles. The normalized spacial score (nSPS) is 12.8. The summed E-state index contributed by atoms with van der Waals surface area (Å²) in [5.41, 5.74) is 6.80. The molecule has 0 saturated carbocycles. The molecule has 0 fully saturated rings. The first-order valence-corrected chi connectivity index (χ1v) is 5.69. The molecule has 90 valence electrons. The zero-order chi connectivity index (χ0) is 12.0. The fourth-order valence-corrected chi connectivity index (χ4v) is 1.58. The minimum absolute atomic E-state index is 0.380. The summed E-state index contributed by atoms with van der Waals surface area (Å²) in [6.07, 6.45) is 0.957. The first kappa shape index (κ1) is 13.0. The Bertz CT molecular complexity index is 313. The van der Waals surface area contributed by atoms with Gasteiger partial charge in [-0.2, -0.15) is 0 Å². The summed E-state index contributed by atoms with van der Waals surface area (Å²) < 4.78 is 5.77. The van der Waals surface area contributed by atoms with E-state index in [1.54, 1.807) is 0 Å². The lowest BCUT2D eigenvalue weighted by molar-refractivity contribution is 0.179. The number of aryl methyl sites for hydroxylation is 1. The van der Waals surface area contributed by atoms with Crippen molar-refractivity contribution in [2.24, 2.45) is 5.73 Å². The molecule has 0 spiro atoms. The second-order valence-electron chi connectivity index (χ2n) is 4.32. The highest BCUT2D eigenvalue weighted by molar-refractivity contribution is 5.27. The third kappa shape index (κ3) is 4.21. The SMILES string of the molecule is Cc1cccc(OCC(CCN)N(C)C)c1. The van der Waals surface area contributed by atoms with Gasteiger partial charge in [-0.05, 0) is 51.7 Å². The van der Waals surface area contributed by atoms with Crippen LogP contribution in [0.1, 0.15) is 12.0 Å². The van der Waals surface area contributed by atoms with E-state index in [0.717, 1.165) is 12.2 Å². The van der Waals surface area contributed by atoms with Crippen LogP contribution < -0.4 is 10.5 Å². The van der Waals surface area contributed by atoms with Gasteiger partial charge in [0, 0.05) is 6.04 Å². The number of nitrogens with two attached hydrogens (primary N) is 1. The maximum absolute atomic E-state index is 5.77. The first-order valence-electron chi connectivity index (χ1n) is 5.69. The van der Waals surface area contributed by atoms with Crippen molar-refractivity contribution in [3.63, 3.8) is 0 Å². The van der Waals surface area contributed by atoms with Gasteiger partial charge < -0.3 is 15.4 Å².